The minimum Gasteiger partial charge on any atom is -0.508 e. The number of benzene rings is 2. The summed E-state index contributed by atoms with van der Waals surface area (Å²) in [6.07, 6.45) is 0.929. The zero-order valence-electron chi connectivity index (χ0n) is 25.7. The highest BCUT2D eigenvalue weighted by molar-refractivity contribution is 6.24. The number of ether oxygens (including phenoxy) is 1. The lowest BCUT2D eigenvalue weighted by Crippen LogP contribution is -2.65. The van der Waals surface area contributed by atoms with E-state index in [0.717, 1.165) is 11.1 Å². The second-order valence-corrected chi connectivity index (χ2v) is 12.7. The molecule has 0 aliphatic heterocycles. The van der Waals surface area contributed by atoms with E-state index < -0.39 is 58.0 Å². The van der Waals surface area contributed by atoms with Crippen LogP contribution in [0, 0.1) is 17.8 Å². The molecule has 0 bridgehead atoms. The smallest absolute Gasteiger partial charge is 0.306 e. The van der Waals surface area contributed by atoms with Gasteiger partial charge in [0.05, 0.1) is 18.2 Å². The number of ketones is 2. The predicted molar refractivity (Wildman–Crippen MR) is 164 cm³/mol. The Balaban J connectivity index is 1.53. The van der Waals surface area contributed by atoms with E-state index in [1.165, 1.54) is 11.0 Å². The van der Waals surface area contributed by atoms with Crippen molar-refractivity contribution in [2.45, 2.75) is 51.2 Å². The molecule has 0 aromatic heterocycles. The second-order valence-electron chi connectivity index (χ2n) is 12.7. The number of aromatic hydroxyl groups is 1. The van der Waals surface area contributed by atoms with Crippen molar-refractivity contribution < 1.29 is 44.3 Å². The Morgan fingerprint density at radius 2 is 1.73 bits per heavy atom. The number of phenols is 1. The van der Waals surface area contributed by atoms with Gasteiger partial charge in [0.2, 0.25) is 5.78 Å². The van der Waals surface area contributed by atoms with Crippen LogP contribution in [0.3, 0.4) is 0 Å². The van der Waals surface area contributed by atoms with E-state index in [-0.39, 0.29) is 48.0 Å². The summed E-state index contributed by atoms with van der Waals surface area (Å²) in [7, 11) is 3.11. The minimum atomic E-state index is -2.69. The molecule has 3 aliphatic rings. The molecule has 5 rings (SSSR count). The monoisotopic (exact) mass is 618 g/mol. The number of primary amides is 1. The number of aryl methyl sites for hydroxylation is 1. The average molecular weight is 619 g/mol. The third-order valence-electron chi connectivity index (χ3n) is 9.06. The SMILES string of the molecule is CC(C)COC(=O)CCc1ccc(-c2ccc(O)c3c2C[C@@H]2C[C@@H]4[C@@H](N(C)C)C(=O)C(C(N)=O)=C(O)[C@@]4(O)C(=O)C2=C3O)cc1. The van der Waals surface area contributed by atoms with E-state index >= 15 is 0 Å². The van der Waals surface area contributed by atoms with Gasteiger partial charge in [-0.2, -0.15) is 0 Å². The summed E-state index contributed by atoms with van der Waals surface area (Å²) in [6, 6.07) is 9.49. The number of hydrogen-bond acceptors (Lipinski definition) is 10. The Morgan fingerprint density at radius 3 is 2.33 bits per heavy atom. The molecule has 3 aliphatic carbocycles. The van der Waals surface area contributed by atoms with Gasteiger partial charge in [0.1, 0.15) is 22.8 Å². The Hall–Kier alpha value is -4.48. The minimum absolute atomic E-state index is 0.00665. The standard InChI is InChI=1S/C34H38N2O9/c1-16(2)15-45-24(38)12-7-17-5-8-18(9-6-17)20-10-11-23(37)26-21(20)13-19-14-22-28(36(3)4)30(40)27(33(35)43)32(42)34(22,44)31(41)25(19)29(26)39/h5-6,8-11,16,19,22,28,37,39,42,44H,7,12-15H2,1-4H3,(H2,35,43)/t19-,22-,28-,34+/m1/s1. The van der Waals surface area contributed by atoms with Gasteiger partial charge in [0, 0.05) is 17.9 Å². The third kappa shape index (κ3) is 5.29. The quantitative estimate of drug-likeness (QED) is 0.217. The van der Waals surface area contributed by atoms with Crippen LogP contribution in [-0.2, 0) is 36.8 Å². The van der Waals surface area contributed by atoms with Gasteiger partial charge in [-0.05, 0) is 73.5 Å². The lowest BCUT2D eigenvalue weighted by Gasteiger charge is -2.50. The number of rotatable bonds is 8. The molecule has 0 saturated heterocycles. The fourth-order valence-electron chi connectivity index (χ4n) is 6.94. The summed E-state index contributed by atoms with van der Waals surface area (Å²) >= 11 is 0. The van der Waals surface area contributed by atoms with Crippen LogP contribution in [-0.4, -0.2) is 81.1 Å². The van der Waals surface area contributed by atoms with Crippen molar-refractivity contribution in [1.29, 1.82) is 0 Å². The number of carbonyl (C=O) groups excluding carboxylic acids is 4. The molecule has 11 nitrogen and oxygen atoms in total. The molecule has 1 saturated carbocycles. The summed E-state index contributed by atoms with van der Waals surface area (Å²) in [6.45, 7) is 4.31. The van der Waals surface area contributed by atoms with Crippen molar-refractivity contribution in [2.75, 3.05) is 20.7 Å². The number of aliphatic hydroxyl groups is 3. The maximum absolute atomic E-state index is 14.0. The van der Waals surface area contributed by atoms with Crippen LogP contribution in [0.1, 0.15) is 43.4 Å². The number of hydrogen-bond donors (Lipinski definition) is 5. The lowest BCUT2D eigenvalue weighted by atomic mass is 9.57. The highest BCUT2D eigenvalue weighted by Gasteiger charge is 2.64. The first kappa shape index (κ1) is 31.9. The van der Waals surface area contributed by atoms with Crippen LogP contribution in [0.25, 0.3) is 16.9 Å². The molecular weight excluding hydrogens is 580 g/mol. The maximum Gasteiger partial charge on any atom is 0.306 e. The molecule has 1 amide bonds. The molecule has 2 aromatic carbocycles. The third-order valence-corrected chi connectivity index (χ3v) is 9.06. The number of aliphatic hydroxyl groups excluding tert-OH is 2. The van der Waals surface area contributed by atoms with Crippen molar-refractivity contribution in [1.82, 2.24) is 4.90 Å². The number of phenolic OH excluding ortho intramolecular Hbond substituents is 1. The Bertz CT molecular complexity index is 1650. The number of likely N-dealkylation sites (N-methyl/N-ethyl adjacent to an activating group) is 1. The van der Waals surface area contributed by atoms with Gasteiger partial charge in [-0.3, -0.25) is 24.1 Å². The summed E-state index contributed by atoms with van der Waals surface area (Å²) in [5, 5.41) is 45.1. The van der Waals surface area contributed by atoms with Crippen LogP contribution in [0.5, 0.6) is 5.75 Å². The number of nitrogens with zero attached hydrogens (tertiary/aromatic N) is 1. The Labute approximate surface area is 260 Å². The second kappa shape index (κ2) is 11.8. The topological polar surface area (TPSA) is 188 Å². The van der Waals surface area contributed by atoms with E-state index in [0.29, 0.717) is 24.2 Å². The molecule has 0 radical (unpaired) electrons. The Kier molecular flexibility index (Phi) is 8.37. The number of nitrogens with two attached hydrogens (primary N) is 1. The van der Waals surface area contributed by atoms with Gasteiger partial charge < -0.3 is 30.9 Å². The van der Waals surface area contributed by atoms with Crippen LogP contribution < -0.4 is 5.73 Å². The van der Waals surface area contributed by atoms with E-state index in [2.05, 4.69) is 0 Å². The fraction of sp³-hybridized carbons (Fsp3) is 0.412. The molecule has 4 atom stereocenters. The first-order chi connectivity index (χ1) is 21.2. The average Bonchev–Trinajstić information content (AvgIpc) is 2.97. The normalized spacial score (nSPS) is 24.5. The largest absolute Gasteiger partial charge is 0.508 e. The number of Topliss-reactive ketones (excluding diaryl/α,β-unsaturated/α-hetero) is 2. The van der Waals surface area contributed by atoms with Gasteiger partial charge in [0.15, 0.2) is 11.4 Å². The van der Waals surface area contributed by atoms with Crippen LogP contribution in [0.2, 0.25) is 0 Å². The molecule has 238 valence electrons. The predicted octanol–water partition coefficient (Wildman–Crippen LogP) is 2.76. The molecule has 0 spiro atoms. The van der Waals surface area contributed by atoms with E-state index in [1.807, 2.05) is 38.1 Å². The van der Waals surface area contributed by atoms with Gasteiger partial charge >= 0.3 is 5.97 Å². The number of carbonyl (C=O) groups is 4. The van der Waals surface area contributed by atoms with Crippen LogP contribution >= 0.6 is 0 Å². The molecule has 2 aromatic rings. The highest BCUT2D eigenvalue weighted by atomic mass is 16.5. The van der Waals surface area contributed by atoms with Gasteiger partial charge in [-0.1, -0.05) is 44.2 Å². The van der Waals surface area contributed by atoms with E-state index in [9.17, 15) is 39.6 Å². The van der Waals surface area contributed by atoms with Crippen molar-refractivity contribution >= 4 is 29.2 Å². The Morgan fingerprint density at radius 1 is 1.07 bits per heavy atom. The van der Waals surface area contributed by atoms with E-state index in [1.54, 1.807) is 20.2 Å². The van der Waals surface area contributed by atoms with E-state index in [4.69, 9.17) is 10.5 Å². The molecule has 1 fully saturated rings. The number of esters is 1. The molecule has 0 heterocycles. The number of amides is 1. The van der Waals surface area contributed by atoms with Crippen LogP contribution in [0.15, 0.2) is 53.3 Å². The van der Waals surface area contributed by atoms with Gasteiger partial charge in [0.25, 0.3) is 5.91 Å². The lowest BCUT2D eigenvalue weighted by molar-refractivity contribution is -0.153. The van der Waals surface area contributed by atoms with Gasteiger partial charge in [-0.15, -0.1) is 0 Å². The molecule has 6 N–H and O–H groups in total. The highest BCUT2D eigenvalue weighted by Crippen LogP contribution is 2.53. The van der Waals surface area contributed by atoms with Gasteiger partial charge in [-0.25, -0.2) is 0 Å². The van der Waals surface area contributed by atoms with Crippen molar-refractivity contribution in [2.24, 2.45) is 23.5 Å². The first-order valence-electron chi connectivity index (χ1n) is 14.9. The van der Waals surface area contributed by atoms with Crippen molar-refractivity contribution in [3.8, 4) is 16.9 Å². The summed E-state index contributed by atoms with van der Waals surface area (Å²) in [5.74, 6) is -6.91. The first-order valence-corrected chi connectivity index (χ1v) is 14.9. The molecule has 45 heavy (non-hydrogen) atoms. The molecular formula is C34H38N2O9. The maximum atomic E-state index is 14.0. The summed E-state index contributed by atoms with van der Waals surface area (Å²) in [4.78, 5) is 53.0. The zero-order chi connectivity index (χ0) is 33.0. The summed E-state index contributed by atoms with van der Waals surface area (Å²) in [5.41, 5.74) is 4.65. The summed E-state index contributed by atoms with van der Waals surface area (Å²) < 4.78 is 5.25. The van der Waals surface area contributed by atoms with Crippen molar-refractivity contribution in [3.63, 3.8) is 0 Å². The molecule has 11 heteroatoms. The molecule has 0 unspecified atom stereocenters. The number of fused-ring (bicyclic) bond motifs is 3. The van der Waals surface area contributed by atoms with Crippen LogP contribution in [0.4, 0.5) is 0 Å². The zero-order valence-corrected chi connectivity index (χ0v) is 25.7. The van der Waals surface area contributed by atoms with Crippen molar-refractivity contribution in [3.05, 3.63) is 70.0 Å². The fourth-order valence-corrected chi connectivity index (χ4v) is 6.94.